The molecule has 7 heteroatoms. The van der Waals surface area contributed by atoms with E-state index in [1.807, 2.05) is 41.3 Å². The third-order valence-electron chi connectivity index (χ3n) is 4.86. The van der Waals surface area contributed by atoms with E-state index in [1.165, 1.54) is 0 Å². The molecule has 0 saturated carbocycles. The van der Waals surface area contributed by atoms with Crippen LogP contribution in [0.1, 0.15) is 31.9 Å². The third kappa shape index (κ3) is 3.55. The first-order valence-corrected chi connectivity index (χ1v) is 9.53. The summed E-state index contributed by atoms with van der Waals surface area (Å²) in [7, 11) is 0. The van der Waals surface area contributed by atoms with Crippen molar-refractivity contribution in [3.05, 3.63) is 53.3 Å². The van der Waals surface area contributed by atoms with Gasteiger partial charge in [0.25, 0.3) is 0 Å². The number of benzene rings is 1. The monoisotopic (exact) mass is 383 g/mol. The Morgan fingerprint density at radius 2 is 2.15 bits per heavy atom. The molecule has 4 rings (SSSR count). The quantitative estimate of drug-likeness (QED) is 0.731. The van der Waals surface area contributed by atoms with Crippen molar-refractivity contribution in [2.75, 3.05) is 11.4 Å². The van der Waals surface area contributed by atoms with Crippen LogP contribution in [0, 0.1) is 0 Å². The molecule has 1 aliphatic rings. The number of halogens is 1. The van der Waals surface area contributed by atoms with Crippen molar-refractivity contribution in [2.45, 2.75) is 38.9 Å². The molecule has 1 atom stereocenters. The molecule has 0 spiro atoms. The van der Waals surface area contributed by atoms with E-state index in [-0.39, 0.29) is 18.0 Å². The molecule has 1 fully saturated rings. The number of rotatable bonds is 5. The van der Waals surface area contributed by atoms with Gasteiger partial charge >= 0.3 is 0 Å². The molecule has 2 aromatic heterocycles. The topological polar surface area (TPSA) is 63.1 Å². The first-order chi connectivity index (χ1) is 13.0. The van der Waals surface area contributed by atoms with E-state index in [1.54, 1.807) is 4.90 Å². The Balaban J connectivity index is 1.43. The zero-order chi connectivity index (χ0) is 19.0. The summed E-state index contributed by atoms with van der Waals surface area (Å²) in [6, 6.07) is 9.57. The minimum Gasteiger partial charge on any atom is -0.311 e. The molecular formula is C20H22ClN5O. The van der Waals surface area contributed by atoms with Gasteiger partial charge in [-0.05, 0) is 50.1 Å². The minimum atomic E-state index is -0.196. The minimum absolute atomic E-state index is 0.0823. The molecule has 0 bridgehead atoms. The largest absolute Gasteiger partial charge is 0.311 e. The van der Waals surface area contributed by atoms with E-state index in [0.29, 0.717) is 18.1 Å². The highest BCUT2D eigenvalue weighted by Crippen LogP contribution is 2.25. The van der Waals surface area contributed by atoms with Gasteiger partial charge in [0.05, 0.1) is 12.2 Å². The van der Waals surface area contributed by atoms with Gasteiger partial charge in [0, 0.05) is 41.4 Å². The van der Waals surface area contributed by atoms with Crippen LogP contribution in [0.15, 0.2) is 42.7 Å². The molecule has 0 aliphatic carbocycles. The van der Waals surface area contributed by atoms with Gasteiger partial charge in [-0.1, -0.05) is 17.7 Å². The van der Waals surface area contributed by atoms with Crippen LogP contribution >= 0.6 is 11.6 Å². The summed E-state index contributed by atoms with van der Waals surface area (Å²) < 4.78 is 1.91. The number of aromatic nitrogens is 3. The van der Waals surface area contributed by atoms with Gasteiger partial charge in [-0.2, -0.15) is 5.10 Å². The standard InChI is InChI=1S/C20H22ClN5O/c1-13(2)26-19-15(12-24-26)8-14(11-23-19)10-22-18-6-7-25(20(18)27)17-5-3-4-16(21)9-17/h3-5,8-9,11-13,18,22H,6-7,10H2,1-2H3. The zero-order valence-corrected chi connectivity index (χ0v) is 16.1. The summed E-state index contributed by atoms with van der Waals surface area (Å²) in [6.07, 6.45) is 4.46. The number of pyridine rings is 1. The molecule has 0 radical (unpaired) electrons. The summed E-state index contributed by atoms with van der Waals surface area (Å²) in [5.41, 5.74) is 2.78. The van der Waals surface area contributed by atoms with E-state index in [9.17, 15) is 4.79 Å². The molecule has 1 N–H and O–H groups in total. The Morgan fingerprint density at radius 3 is 2.93 bits per heavy atom. The number of carbonyl (C=O) groups is 1. The van der Waals surface area contributed by atoms with Crippen molar-refractivity contribution < 1.29 is 4.79 Å². The fourth-order valence-corrected chi connectivity index (χ4v) is 3.66. The summed E-state index contributed by atoms with van der Waals surface area (Å²) in [6.45, 7) is 5.45. The van der Waals surface area contributed by atoms with Gasteiger partial charge in [0.15, 0.2) is 5.65 Å². The first kappa shape index (κ1) is 17.9. The van der Waals surface area contributed by atoms with E-state index in [2.05, 4.69) is 35.3 Å². The first-order valence-electron chi connectivity index (χ1n) is 9.15. The average molecular weight is 384 g/mol. The third-order valence-corrected chi connectivity index (χ3v) is 5.09. The summed E-state index contributed by atoms with van der Waals surface area (Å²) in [5, 5.41) is 9.42. The molecule has 6 nitrogen and oxygen atoms in total. The fraction of sp³-hybridized carbons (Fsp3) is 0.350. The molecular weight excluding hydrogens is 362 g/mol. The second-order valence-electron chi connectivity index (χ2n) is 7.13. The Bertz CT molecular complexity index is 983. The Hall–Kier alpha value is -2.44. The van der Waals surface area contributed by atoms with Gasteiger partial charge in [0.1, 0.15) is 0 Å². The van der Waals surface area contributed by atoms with Crippen LogP contribution in [0.25, 0.3) is 11.0 Å². The number of fused-ring (bicyclic) bond motifs is 1. The molecule has 1 aliphatic heterocycles. The normalized spacial score (nSPS) is 17.4. The highest BCUT2D eigenvalue weighted by atomic mass is 35.5. The maximum absolute atomic E-state index is 12.7. The maximum Gasteiger partial charge on any atom is 0.244 e. The summed E-state index contributed by atoms with van der Waals surface area (Å²) in [4.78, 5) is 19.1. The molecule has 1 aromatic carbocycles. The maximum atomic E-state index is 12.7. The van der Waals surface area contributed by atoms with Crippen LogP contribution in [0.5, 0.6) is 0 Å². The van der Waals surface area contributed by atoms with Crippen LogP contribution < -0.4 is 10.2 Å². The summed E-state index contributed by atoms with van der Waals surface area (Å²) in [5.74, 6) is 0.0823. The van der Waals surface area contributed by atoms with E-state index in [0.717, 1.165) is 28.7 Å². The van der Waals surface area contributed by atoms with E-state index < -0.39 is 0 Å². The second-order valence-corrected chi connectivity index (χ2v) is 7.57. The molecule has 3 heterocycles. The van der Waals surface area contributed by atoms with Crippen molar-refractivity contribution in [3.8, 4) is 0 Å². The van der Waals surface area contributed by atoms with Crippen molar-refractivity contribution in [1.29, 1.82) is 0 Å². The van der Waals surface area contributed by atoms with Crippen molar-refractivity contribution in [3.63, 3.8) is 0 Å². The van der Waals surface area contributed by atoms with Crippen molar-refractivity contribution in [1.82, 2.24) is 20.1 Å². The lowest BCUT2D eigenvalue weighted by Crippen LogP contribution is -2.38. The number of nitrogens with one attached hydrogen (secondary N) is 1. The van der Waals surface area contributed by atoms with Gasteiger partial charge in [0.2, 0.25) is 5.91 Å². The zero-order valence-electron chi connectivity index (χ0n) is 15.4. The highest BCUT2D eigenvalue weighted by molar-refractivity contribution is 6.31. The molecule has 27 heavy (non-hydrogen) atoms. The summed E-state index contributed by atoms with van der Waals surface area (Å²) >= 11 is 6.05. The van der Waals surface area contributed by atoms with Crippen LogP contribution in [0.3, 0.4) is 0 Å². The SMILES string of the molecule is CC(C)n1ncc2cc(CNC3CCN(c4cccc(Cl)c4)C3=O)cnc21. The predicted octanol–water partition coefficient (Wildman–Crippen LogP) is 3.56. The molecule has 140 valence electrons. The van der Waals surface area contributed by atoms with E-state index >= 15 is 0 Å². The van der Waals surface area contributed by atoms with E-state index in [4.69, 9.17) is 11.6 Å². The number of hydrogen-bond donors (Lipinski definition) is 1. The second kappa shape index (κ2) is 7.29. The Labute approximate surface area is 163 Å². The Kier molecular flexibility index (Phi) is 4.85. The van der Waals surface area contributed by atoms with Gasteiger partial charge in [-0.3, -0.25) is 4.79 Å². The molecule has 1 unspecified atom stereocenters. The smallest absolute Gasteiger partial charge is 0.244 e. The van der Waals surface area contributed by atoms with Crippen LogP contribution in [-0.4, -0.2) is 33.3 Å². The van der Waals surface area contributed by atoms with Crippen LogP contribution in [0.2, 0.25) is 5.02 Å². The molecule has 1 amide bonds. The number of anilines is 1. The molecule has 3 aromatic rings. The fourth-order valence-electron chi connectivity index (χ4n) is 3.47. The van der Waals surface area contributed by atoms with Gasteiger partial charge in [-0.15, -0.1) is 0 Å². The lowest BCUT2D eigenvalue weighted by atomic mass is 10.2. The number of nitrogens with zero attached hydrogens (tertiary/aromatic N) is 4. The number of amides is 1. The number of hydrogen-bond acceptors (Lipinski definition) is 4. The van der Waals surface area contributed by atoms with Crippen molar-refractivity contribution >= 4 is 34.2 Å². The van der Waals surface area contributed by atoms with Gasteiger partial charge < -0.3 is 10.2 Å². The highest BCUT2D eigenvalue weighted by Gasteiger charge is 2.32. The number of carbonyl (C=O) groups excluding carboxylic acids is 1. The van der Waals surface area contributed by atoms with Crippen molar-refractivity contribution in [2.24, 2.45) is 0 Å². The molecule has 1 saturated heterocycles. The lowest BCUT2D eigenvalue weighted by Gasteiger charge is -2.17. The Morgan fingerprint density at radius 1 is 1.30 bits per heavy atom. The van der Waals surface area contributed by atoms with Crippen LogP contribution in [0.4, 0.5) is 5.69 Å². The predicted molar refractivity (Wildman–Crippen MR) is 107 cm³/mol. The average Bonchev–Trinajstić information content (AvgIpc) is 3.23. The van der Waals surface area contributed by atoms with Crippen LogP contribution in [-0.2, 0) is 11.3 Å². The van der Waals surface area contributed by atoms with Gasteiger partial charge in [-0.25, -0.2) is 9.67 Å². The lowest BCUT2D eigenvalue weighted by molar-refractivity contribution is -0.118.